The second-order valence-electron chi connectivity index (χ2n) is 10.2. The molecular formula is C32H35ClN2O3. The van der Waals surface area contributed by atoms with Crippen molar-refractivity contribution in [1.82, 2.24) is 10.2 Å². The van der Waals surface area contributed by atoms with Crippen molar-refractivity contribution in [3.8, 4) is 16.9 Å². The minimum absolute atomic E-state index is 0.0128. The minimum atomic E-state index is 0.0128. The first-order chi connectivity index (χ1) is 18.5. The van der Waals surface area contributed by atoms with Crippen molar-refractivity contribution in [2.45, 2.75) is 57.3 Å². The highest BCUT2D eigenvalue weighted by Crippen LogP contribution is 2.38. The zero-order valence-electron chi connectivity index (χ0n) is 22.0. The molecule has 1 saturated carbocycles. The van der Waals surface area contributed by atoms with Crippen molar-refractivity contribution in [3.63, 3.8) is 0 Å². The number of nitrogens with one attached hydrogen (secondary N) is 1. The van der Waals surface area contributed by atoms with Crippen LogP contribution in [0.5, 0.6) is 5.75 Å². The third-order valence-electron chi connectivity index (χ3n) is 8.04. The Kier molecular flexibility index (Phi) is 8.18. The Labute approximate surface area is 230 Å². The highest BCUT2D eigenvalue weighted by Gasteiger charge is 2.34. The number of ether oxygens (including phenoxy) is 1. The Morgan fingerprint density at radius 3 is 2.39 bits per heavy atom. The van der Waals surface area contributed by atoms with Crippen molar-refractivity contribution in [2.24, 2.45) is 0 Å². The molecule has 0 atom stereocenters. The van der Waals surface area contributed by atoms with Gasteiger partial charge in [0.15, 0.2) is 0 Å². The summed E-state index contributed by atoms with van der Waals surface area (Å²) in [6.07, 6.45) is 4.52. The number of hydrogen-bond donors (Lipinski definition) is 2. The molecule has 0 aromatic heterocycles. The molecule has 6 heteroatoms. The van der Waals surface area contributed by atoms with Crippen LogP contribution in [0.25, 0.3) is 16.2 Å². The predicted molar refractivity (Wildman–Crippen MR) is 153 cm³/mol. The van der Waals surface area contributed by atoms with Gasteiger partial charge in [-0.15, -0.1) is 0 Å². The van der Waals surface area contributed by atoms with Crippen LogP contribution in [0.4, 0.5) is 0 Å². The third-order valence-corrected chi connectivity index (χ3v) is 8.47. The molecule has 0 unspecified atom stereocenters. The minimum Gasteiger partial charge on any atom is -0.496 e. The van der Waals surface area contributed by atoms with Crippen LogP contribution in [-0.2, 0) is 24.4 Å². The van der Waals surface area contributed by atoms with Crippen LogP contribution in [0.1, 0.15) is 47.9 Å². The van der Waals surface area contributed by atoms with Crippen molar-refractivity contribution >= 4 is 22.5 Å². The van der Waals surface area contributed by atoms with Crippen LogP contribution in [0.3, 0.4) is 0 Å². The number of nitrogens with zero attached hydrogens (tertiary/aromatic N) is 1. The van der Waals surface area contributed by atoms with Gasteiger partial charge in [0.05, 0.1) is 18.7 Å². The normalized spacial score (nSPS) is 18.8. The molecule has 1 fully saturated rings. The number of halogens is 1. The number of amides is 1. The number of aliphatic hydroxyl groups is 1. The maximum absolute atomic E-state index is 14.2. The molecule has 38 heavy (non-hydrogen) atoms. The lowest BCUT2D eigenvalue weighted by molar-refractivity contribution is -0.130. The van der Waals surface area contributed by atoms with Crippen LogP contribution in [0, 0.1) is 0 Å². The topological polar surface area (TPSA) is 61.8 Å². The maximum Gasteiger partial charge on any atom is 0.252 e. The summed E-state index contributed by atoms with van der Waals surface area (Å²) in [6.45, 7) is 0.465. The molecule has 2 aliphatic rings. The van der Waals surface area contributed by atoms with Crippen LogP contribution in [0.15, 0.2) is 72.3 Å². The zero-order valence-corrected chi connectivity index (χ0v) is 22.8. The molecule has 5 rings (SSSR count). The average molecular weight is 531 g/mol. The van der Waals surface area contributed by atoms with Gasteiger partial charge in [-0.25, -0.2) is 0 Å². The van der Waals surface area contributed by atoms with Gasteiger partial charge in [0.25, 0.3) is 5.91 Å². The largest absolute Gasteiger partial charge is 0.496 e. The lowest BCUT2D eigenvalue weighted by Gasteiger charge is -2.37. The second-order valence-corrected chi connectivity index (χ2v) is 10.6. The lowest BCUT2D eigenvalue weighted by atomic mass is 9.89. The Morgan fingerprint density at radius 1 is 1.03 bits per heavy atom. The Bertz CT molecular complexity index is 1330. The molecule has 0 heterocycles. The summed E-state index contributed by atoms with van der Waals surface area (Å²) < 4.78 is 5.75. The number of rotatable bonds is 8. The van der Waals surface area contributed by atoms with Crippen LogP contribution in [0.2, 0.25) is 0 Å². The summed E-state index contributed by atoms with van der Waals surface area (Å²) in [7, 11) is 3.68. The van der Waals surface area contributed by atoms with Crippen molar-refractivity contribution in [2.75, 3.05) is 14.2 Å². The van der Waals surface area contributed by atoms with Gasteiger partial charge in [-0.1, -0.05) is 66.2 Å². The quantitative estimate of drug-likeness (QED) is 0.379. The van der Waals surface area contributed by atoms with Crippen LogP contribution in [-0.4, -0.2) is 42.2 Å². The fourth-order valence-electron chi connectivity index (χ4n) is 5.77. The highest BCUT2D eigenvalue weighted by atomic mass is 35.5. The molecule has 2 N–H and O–H groups in total. The van der Waals surface area contributed by atoms with E-state index in [0.717, 1.165) is 64.8 Å². The molecule has 1 amide bonds. The molecular weight excluding hydrogens is 496 g/mol. The van der Waals surface area contributed by atoms with E-state index in [9.17, 15) is 9.90 Å². The van der Waals surface area contributed by atoms with Crippen molar-refractivity contribution in [3.05, 3.63) is 94.6 Å². The van der Waals surface area contributed by atoms with Gasteiger partial charge < -0.3 is 20.1 Å². The van der Waals surface area contributed by atoms with E-state index in [1.807, 2.05) is 66.5 Å². The monoisotopic (exact) mass is 530 g/mol. The average Bonchev–Trinajstić information content (AvgIpc) is 3.32. The molecule has 3 aromatic rings. The first-order valence-corrected chi connectivity index (χ1v) is 13.7. The summed E-state index contributed by atoms with van der Waals surface area (Å²) in [6, 6.07) is 22.6. The Hall–Kier alpha value is -3.12. The maximum atomic E-state index is 14.2. The van der Waals surface area contributed by atoms with E-state index in [1.165, 1.54) is 0 Å². The highest BCUT2D eigenvalue weighted by molar-refractivity contribution is 6.51. The van der Waals surface area contributed by atoms with Gasteiger partial charge >= 0.3 is 0 Å². The van der Waals surface area contributed by atoms with Gasteiger partial charge in [-0.3, -0.25) is 4.79 Å². The zero-order chi connectivity index (χ0) is 26.6. The van der Waals surface area contributed by atoms with E-state index in [4.69, 9.17) is 16.3 Å². The number of carbonyl (C=O) groups is 1. The Balaban J connectivity index is 1.48. The van der Waals surface area contributed by atoms with E-state index < -0.39 is 0 Å². The SMILES string of the molecule is CN[C@H]1CC[C@@H](N(Cc2cc(-c3ccc(CO)cc3)ccc2OC)C(=O)C2=C(Cl)c3ccccc3C2)CC1. The van der Waals surface area contributed by atoms with E-state index in [-0.39, 0.29) is 18.6 Å². The van der Waals surface area contributed by atoms with E-state index in [0.29, 0.717) is 29.6 Å². The lowest BCUT2D eigenvalue weighted by Crippen LogP contribution is -2.45. The molecule has 2 aliphatic carbocycles. The molecule has 3 aromatic carbocycles. The Morgan fingerprint density at radius 2 is 1.74 bits per heavy atom. The smallest absolute Gasteiger partial charge is 0.252 e. The molecule has 0 saturated heterocycles. The van der Waals surface area contributed by atoms with Crippen molar-refractivity contribution in [1.29, 1.82) is 0 Å². The van der Waals surface area contributed by atoms with Crippen molar-refractivity contribution < 1.29 is 14.6 Å². The van der Waals surface area contributed by atoms with Gasteiger partial charge in [0.1, 0.15) is 5.75 Å². The number of carbonyl (C=O) groups excluding carboxylic acids is 1. The molecule has 5 nitrogen and oxygen atoms in total. The summed E-state index contributed by atoms with van der Waals surface area (Å²) in [5.41, 5.74) is 6.68. The van der Waals surface area contributed by atoms with Gasteiger partial charge in [-0.05, 0) is 72.7 Å². The number of hydrogen-bond acceptors (Lipinski definition) is 4. The molecule has 0 radical (unpaired) electrons. The van der Waals surface area contributed by atoms with E-state index in [1.54, 1.807) is 7.11 Å². The summed E-state index contributed by atoms with van der Waals surface area (Å²) in [5, 5.41) is 13.4. The predicted octanol–water partition coefficient (Wildman–Crippen LogP) is 5.92. The molecule has 0 bridgehead atoms. The summed E-state index contributed by atoms with van der Waals surface area (Å²) in [4.78, 5) is 16.2. The second kappa shape index (κ2) is 11.7. The van der Waals surface area contributed by atoms with Gasteiger partial charge in [-0.2, -0.15) is 0 Å². The van der Waals surface area contributed by atoms with Gasteiger partial charge in [0.2, 0.25) is 0 Å². The first kappa shape index (κ1) is 26.5. The molecule has 0 aliphatic heterocycles. The molecule has 0 spiro atoms. The first-order valence-electron chi connectivity index (χ1n) is 13.3. The van der Waals surface area contributed by atoms with Crippen LogP contribution < -0.4 is 10.1 Å². The fourth-order valence-corrected chi connectivity index (χ4v) is 6.10. The third kappa shape index (κ3) is 5.37. The number of methoxy groups -OCH3 is 1. The van der Waals surface area contributed by atoms with E-state index >= 15 is 0 Å². The molecule has 198 valence electrons. The summed E-state index contributed by atoms with van der Waals surface area (Å²) >= 11 is 6.80. The number of fused-ring (bicyclic) bond motifs is 1. The number of aliphatic hydroxyl groups excluding tert-OH is 1. The van der Waals surface area contributed by atoms with Crippen LogP contribution >= 0.6 is 11.6 Å². The standard InChI is InChI=1S/C32H35ClN2O3/c1-34-26-12-14-27(15-13-26)35(32(37)29-18-24-5-3-4-6-28(24)31(29)33)19-25-17-23(11-16-30(25)38-2)22-9-7-21(20-36)8-10-22/h3-11,16-17,26-27,34,36H,12-15,18-20H2,1-2H3/t26-,27+. The van der Waals surface area contributed by atoms with E-state index in [2.05, 4.69) is 17.4 Å². The summed E-state index contributed by atoms with van der Waals surface area (Å²) in [5.74, 6) is 0.774. The van der Waals surface area contributed by atoms with Gasteiger partial charge in [0, 0.05) is 36.2 Å². The number of benzene rings is 3. The fraction of sp³-hybridized carbons (Fsp3) is 0.344.